The van der Waals surface area contributed by atoms with Crippen LogP contribution >= 0.6 is 0 Å². The lowest BCUT2D eigenvalue weighted by atomic mass is 10.0. The zero-order valence-corrected chi connectivity index (χ0v) is 8.13. The van der Waals surface area contributed by atoms with Crippen LogP contribution in [0.2, 0.25) is 0 Å². The minimum atomic E-state index is 0.365. The highest BCUT2D eigenvalue weighted by atomic mass is 16.3. The molecule has 1 atom stereocenters. The molecule has 0 aliphatic carbocycles. The lowest BCUT2D eigenvalue weighted by Crippen LogP contribution is -2.23. The summed E-state index contributed by atoms with van der Waals surface area (Å²) in [6, 6.07) is 0. The third kappa shape index (κ3) is 3.11. The Bertz CT molecular complexity index is 104. The highest BCUT2D eigenvalue weighted by molar-refractivity contribution is 4.67. The van der Waals surface area contributed by atoms with Gasteiger partial charge in [-0.25, -0.2) is 0 Å². The van der Waals surface area contributed by atoms with Crippen LogP contribution in [-0.4, -0.2) is 36.2 Å². The summed E-state index contributed by atoms with van der Waals surface area (Å²) in [5.74, 6) is 0.533. The van der Waals surface area contributed by atoms with Crippen molar-refractivity contribution in [1.82, 2.24) is 4.90 Å². The van der Waals surface area contributed by atoms with E-state index in [1.807, 2.05) is 0 Å². The Morgan fingerprint density at radius 3 is 2.50 bits per heavy atom. The summed E-state index contributed by atoms with van der Waals surface area (Å²) in [5.41, 5.74) is 0. The SMILES string of the molecule is CCC(CO)CCN1CCCC1. The van der Waals surface area contributed by atoms with Crippen molar-refractivity contribution in [2.24, 2.45) is 5.92 Å². The second-order valence-corrected chi connectivity index (χ2v) is 3.79. The zero-order valence-electron chi connectivity index (χ0n) is 8.13. The quantitative estimate of drug-likeness (QED) is 0.677. The first-order chi connectivity index (χ1) is 5.86. The van der Waals surface area contributed by atoms with Gasteiger partial charge in [-0.2, -0.15) is 0 Å². The molecule has 1 fully saturated rings. The molecule has 0 saturated carbocycles. The second-order valence-electron chi connectivity index (χ2n) is 3.79. The molecule has 0 bridgehead atoms. The van der Waals surface area contributed by atoms with Crippen molar-refractivity contribution in [2.45, 2.75) is 32.6 Å². The summed E-state index contributed by atoms with van der Waals surface area (Å²) in [6.45, 7) is 6.28. The molecule has 0 amide bonds. The Kier molecular flexibility index (Phi) is 4.62. The zero-order chi connectivity index (χ0) is 8.81. The summed E-state index contributed by atoms with van der Waals surface area (Å²) < 4.78 is 0. The molecule has 2 nitrogen and oxygen atoms in total. The van der Waals surface area contributed by atoms with Gasteiger partial charge in [0.2, 0.25) is 0 Å². The average molecular weight is 171 g/mol. The highest BCUT2D eigenvalue weighted by Gasteiger charge is 2.12. The number of aliphatic hydroxyl groups is 1. The van der Waals surface area contributed by atoms with Crippen LogP contribution in [0, 0.1) is 5.92 Å². The van der Waals surface area contributed by atoms with E-state index in [9.17, 15) is 0 Å². The summed E-state index contributed by atoms with van der Waals surface area (Å²) in [7, 11) is 0. The van der Waals surface area contributed by atoms with Crippen LogP contribution in [0.15, 0.2) is 0 Å². The topological polar surface area (TPSA) is 23.5 Å². The molecule has 1 N–H and O–H groups in total. The Balaban J connectivity index is 2.06. The molecule has 1 unspecified atom stereocenters. The van der Waals surface area contributed by atoms with Gasteiger partial charge in [0.25, 0.3) is 0 Å². The first-order valence-electron chi connectivity index (χ1n) is 5.20. The maximum atomic E-state index is 8.98. The van der Waals surface area contributed by atoms with Gasteiger partial charge < -0.3 is 10.0 Å². The third-order valence-electron chi connectivity index (χ3n) is 2.89. The van der Waals surface area contributed by atoms with E-state index < -0.39 is 0 Å². The predicted octanol–water partition coefficient (Wildman–Crippen LogP) is 1.49. The van der Waals surface area contributed by atoms with E-state index in [2.05, 4.69) is 11.8 Å². The van der Waals surface area contributed by atoms with Crippen LogP contribution in [0.5, 0.6) is 0 Å². The van der Waals surface area contributed by atoms with Crippen LogP contribution < -0.4 is 0 Å². The summed E-state index contributed by atoms with van der Waals surface area (Å²) >= 11 is 0. The van der Waals surface area contributed by atoms with Gasteiger partial charge in [0.05, 0.1) is 0 Å². The van der Waals surface area contributed by atoms with Crippen molar-refractivity contribution in [2.75, 3.05) is 26.2 Å². The summed E-state index contributed by atoms with van der Waals surface area (Å²) in [4.78, 5) is 2.51. The van der Waals surface area contributed by atoms with Crippen LogP contribution in [0.1, 0.15) is 32.6 Å². The van der Waals surface area contributed by atoms with Crippen LogP contribution in [0.3, 0.4) is 0 Å². The molecule has 1 heterocycles. The average Bonchev–Trinajstić information content (AvgIpc) is 2.59. The van der Waals surface area contributed by atoms with E-state index in [1.54, 1.807) is 0 Å². The minimum Gasteiger partial charge on any atom is -0.396 e. The van der Waals surface area contributed by atoms with Crippen LogP contribution in [0.25, 0.3) is 0 Å². The lowest BCUT2D eigenvalue weighted by molar-refractivity contribution is 0.196. The molecule has 0 aromatic rings. The molecule has 0 spiro atoms. The number of likely N-dealkylation sites (tertiary alicyclic amines) is 1. The van der Waals surface area contributed by atoms with Crippen molar-refractivity contribution < 1.29 is 5.11 Å². The molecule has 12 heavy (non-hydrogen) atoms. The van der Waals surface area contributed by atoms with E-state index in [-0.39, 0.29) is 0 Å². The van der Waals surface area contributed by atoms with Gasteiger partial charge in [0, 0.05) is 6.61 Å². The molecular weight excluding hydrogens is 150 g/mol. The fourth-order valence-electron chi connectivity index (χ4n) is 1.80. The molecule has 0 radical (unpaired) electrons. The molecule has 1 aliphatic heterocycles. The molecule has 2 heteroatoms. The van der Waals surface area contributed by atoms with Gasteiger partial charge in [-0.3, -0.25) is 0 Å². The molecule has 0 aromatic carbocycles. The summed E-state index contributed by atoms with van der Waals surface area (Å²) in [6.07, 6.45) is 5.03. The van der Waals surface area contributed by atoms with Gasteiger partial charge in [0.1, 0.15) is 0 Å². The maximum absolute atomic E-state index is 8.98. The monoisotopic (exact) mass is 171 g/mol. The number of hydrogen-bond acceptors (Lipinski definition) is 2. The largest absolute Gasteiger partial charge is 0.396 e. The third-order valence-corrected chi connectivity index (χ3v) is 2.89. The van der Waals surface area contributed by atoms with Crippen molar-refractivity contribution in [3.05, 3.63) is 0 Å². The Morgan fingerprint density at radius 2 is 2.00 bits per heavy atom. The Morgan fingerprint density at radius 1 is 1.33 bits per heavy atom. The second kappa shape index (κ2) is 5.55. The van der Waals surface area contributed by atoms with E-state index in [1.165, 1.54) is 38.9 Å². The first kappa shape index (κ1) is 10.0. The fourth-order valence-corrected chi connectivity index (χ4v) is 1.80. The van der Waals surface area contributed by atoms with Crippen LogP contribution in [-0.2, 0) is 0 Å². The number of rotatable bonds is 5. The maximum Gasteiger partial charge on any atom is 0.0459 e. The van der Waals surface area contributed by atoms with Crippen molar-refractivity contribution >= 4 is 0 Å². The van der Waals surface area contributed by atoms with Gasteiger partial charge in [0.15, 0.2) is 0 Å². The van der Waals surface area contributed by atoms with E-state index in [0.29, 0.717) is 12.5 Å². The lowest BCUT2D eigenvalue weighted by Gasteiger charge is -2.18. The van der Waals surface area contributed by atoms with Gasteiger partial charge >= 0.3 is 0 Å². The minimum absolute atomic E-state index is 0.365. The van der Waals surface area contributed by atoms with Crippen molar-refractivity contribution in [1.29, 1.82) is 0 Å². The molecule has 1 saturated heterocycles. The summed E-state index contributed by atoms with van der Waals surface area (Å²) in [5, 5.41) is 8.98. The smallest absolute Gasteiger partial charge is 0.0459 e. The van der Waals surface area contributed by atoms with E-state index in [4.69, 9.17) is 5.11 Å². The van der Waals surface area contributed by atoms with Gasteiger partial charge in [-0.15, -0.1) is 0 Å². The van der Waals surface area contributed by atoms with E-state index >= 15 is 0 Å². The molecule has 0 aromatic heterocycles. The fraction of sp³-hybridized carbons (Fsp3) is 1.00. The standard InChI is InChI=1S/C10H21NO/c1-2-10(9-12)5-8-11-6-3-4-7-11/h10,12H,2-9H2,1H3. The normalized spacial score (nSPS) is 21.5. The number of nitrogens with zero attached hydrogens (tertiary/aromatic N) is 1. The number of hydrogen-bond donors (Lipinski definition) is 1. The van der Waals surface area contributed by atoms with Crippen molar-refractivity contribution in [3.8, 4) is 0 Å². The first-order valence-corrected chi connectivity index (χ1v) is 5.20. The Hall–Kier alpha value is -0.0800. The molecule has 1 aliphatic rings. The molecular formula is C10H21NO. The number of aliphatic hydroxyl groups excluding tert-OH is 1. The van der Waals surface area contributed by atoms with Gasteiger partial charge in [-0.1, -0.05) is 13.3 Å². The Labute approximate surface area is 75.6 Å². The van der Waals surface area contributed by atoms with Crippen LogP contribution in [0.4, 0.5) is 0 Å². The highest BCUT2D eigenvalue weighted by Crippen LogP contribution is 2.12. The van der Waals surface area contributed by atoms with E-state index in [0.717, 1.165) is 6.42 Å². The molecule has 72 valence electrons. The molecule has 1 rings (SSSR count). The predicted molar refractivity (Wildman–Crippen MR) is 51.2 cm³/mol. The van der Waals surface area contributed by atoms with Gasteiger partial charge in [-0.05, 0) is 44.8 Å². The van der Waals surface area contributed by atoms with Crippen molar-refractivity contribution in [3.63, 3.8) is 0 Å².